The molecule has 0 bridgehead atoms. The Labute approximate surface area is 178 Å². The molecule has 1 aromatic heterocycles. The van der Waals surface area contributed by atoms with Crippen molar-refractivity contribution in [2.75, 3.05) is 42.6 Å². The Kier molecular flexibility index (Phi) is 5.99. The number of aromatic nitrogens is 2. The topological polar surface area (TPSA) is 61.8 Å². The van der Waals surface area contributed by atoms with E-state index in [0.29, 0.717) is 43.6 Å². The minimum Gasteiger partial charge on any atom is -0.378 e. The standard InChI is InChI=1S/C23H29N5O2/c1-4-19-16-27(15-18-8-6-5-7-9-18)22(29)20-14-24-23(26-10-12-30-13-11-26)25-21(20)28(19)17(2)3/h4-9,14,17,19H,1,10-13,15-16H2,2-3H3/t19-/m1/s1. The molecule has 0 aliphatic carbocycles. The molecule has 2 aliphatic rings. The highest BCUT2D eigenvalue weighted by Gasteiger charge is 2.35. The van der Waals surface area contributed by atoms with Gasteiger partial charge in [-0.25, -0.2) is 4.98 Å². The lowest BCUT2D eigenvalue weighted by Crippen LogP contribution is -2.45. The van der Waals surface area contributed by atoms with Gasteiger partial charge in [-0.15, -0.1) is 6.58 Å². The molecule has 0 N–H and O–H groups in total. The Morgan fingerprint density at radius 1 is 1.23 bits per heavy atom. The predicted octanol–water partition coefficient (Wildman–Crippen LogP) is 2.74. The Morgan fingerprint density at radius 3 is 2.63 bits per heavy atom. The van der Waals surface area contributed by atoms with Gasteiger partial charge in [0.1, 0.15) is 11.4 Å². The van der Waals surface area contributed by atoms with Crippen molar-refractivity contribution in [3.63, 3.8) is 0 Å². The number of fused-ring (bicyclic) bond motifs is 1. The van der Waals surface area contributed by atoms with E-state index in [1.165, 1.54) is 0 Å². The highest BCUT2D eigenvalue weighted by molar-refractivity contribution is 5.99. The van der Waals surface area contributed by atoms with E-state index in [1.807, 2.05) is 41.3 Å². The molecular weight excluding hydrogens is 378 g/mol. The summed E-state index contributed by atoms with van der Waals surface area (Å²) in [4.78, 5) is 29.1. The van der Waals surface area contributed by atoms with E-state index in [2.05, 4.69) is 35.2 Å². The number of carbonyl (C=O) groups is 1. The maximum Gasteiger partial charge on any atom is 0.259 e. The second-order valence-corrected chi connectivity index (χ2v) is 7.98. The second kappa shape index (κ2) is 8.83. The van der Waals surface area contributed by atoms with Gasteiger partial charge >= 0.3 is 0 Å². The van der Waals surface area contributed by atoms with Crippen molar-refractivity contribution in [1.82, 2.24) is 14.9 Å². The number of benzene rings is 1. The molecule has 1 saturated heterocycles. The number of carbonyl (C=O) groups excluding carboxylic acids is 1. The third kappa shape index (κ3) is 4.03. The van der Waals surface area contributed by atoms with Crippen molar-refractivity contribution < 1.29 is 9.53 Å². The van der Waals surface area contributed by atoms with Gasteiger partial charge in [-0.05, 0) is 19.4 Å². The summed E-state index contributed by atoms with van der Waals surface area (Å²) >= 11 is 0. The van der Waals surface area contributed by atoms with E-state index in [-0.39, 0.29) is 18.0 Å². The average Bonchev–Trinajstić information content (AvgIpc) is 2.89. The van der Waals surface area contributed by atoms with Gasteiger partial charge in [-0.1, -0.05) is 36.4 Å². The Morgan fingerprint density at radius 2 is 1.97 bits per heavy atom. The number of ether oxygens (including phenoxy) is 1. The first kappa shape index (κ1) is 20.3. The molecule has 2 aromatic rings. The maximum absolute atomic E-state index is 13.5. The van der Waals surface area contributed by atoms with Crippen LogP contribution in [0.5, 0.6) is 0 Å². The normalized spacial score (nSPS) is 19.6. The average molecular weight is 408 g/mol. The summed E-state index contributed by atoms with van der Waals surface area (Å²) in [6.45, 7) is 12.2. The van der Waals surface area contributed by atoms with Crippen molar-refractivity contribution in [2.45, 2.75) is 32.5 Å². The van der Waals surface area contributed by atoms with Crippen molar-refractivity contribution in [3.8, 4) is 0 Å². The molecule has 1 amide bonds. The SMILES string of the molecule is C=C[C@@H]1CN(Cc2ccccc2)C(=O)c2cnc(N3CCOCC3)nc2N1C(C)C. The van der Waals surface area contributed by atoms with Crippen LogP contribution in [0.25, 0.3) is 0 Å². The molecule has 0 radical (unpaired) electrons. The largest absolute Gasteiger partial charge is 0.378 e. The Balaban J connectivity index is 1.74. The van der Waals surface area contributed by atoms with Gasteiger partial charge in [-0.3, -0.25) is 4.79 Å². The van der Waals surface area contributed by atoms with Gasteiger partial charge in [-0.2, -0.15) is 4.98 Å². The number of hydrogen-bond donors (Lipinski definition) is 0. The lowest BCUT2D eigenvalue weighted by Gasteiger charge is -2.35. The summed E-state index contributed by atoms with van der Waals surface area (Å²) in [6, 6.07) is 10.2. The molecule has 2 aliphatic heterocycles. The molecule has 0 saturated carbocycles. The third-order valence-corrected chi connectivity index (χ3v) is 5.62. The first-order valence-corrected chi connectivity index (χ1v) is 10.5. The monoisotopic (exact) mass is 407 g/mol. The van der Waals surface area contributed by atoms with E-state index < -0.39 is 0 Å². The summed E-state index contributed by atoms with van der Waals surface area (Å²) in [5.41, 5.74) is 1.64. The predicted molar refractivity (Wildman–Crippen MR) is 118 cm³/mol. The van der Waals surface area contributed by atoms with Crippen LogP contribution in [0.4, 0.5) is 11.8 Å². The Hall–Kier alpha value is -2.93. The first-order valence-electron chi connectivity index (χ1n) is 10.5. The lowest BCUT2D eigenvalue weighted by atomic mass is 10.1. The second-order valence-electron chi connectivity index (χ2n) is 7.98. The van der Waals surface area contributed by atoms with Crippen molar-refractivity contribution >= 4 is 17.7 Å². The fraction of sp³-hybridized carbons (Fsp3) is 0.435. The van der Waals surface area contributed by atoms with Gasteiger partial charge in [0.05, 0.1) is 19.3 Å². The quantitative estimate of drug-likeness (QED) is 0.711. The van der Waals surface area contributed by atoms with E-state index in [1.54, 1.807) is 6.20 Å². The number of nitrogens with zero attached hydrogens (tertiary/aromatic N) is 5. The van der Waals surface area contributed by atoms with Gasteiger partial charge in [0, 0.05) is 38.4 Å². The number of rotatable bonds is 5. The molecule has 1 fully saturated rings. The zero-order chi connectivity index (χ0) is 21.1. The van der Waals surface area contributed by atoms with Gasteiger partial charge in [0.15, 0.2) is 0 Å². The van der Waals surface area contributed by atoms with Crippen LogP contribution in [0.1, 0.15) is 29.8 Å². The van der Waals surface area contributed by atoms with Gasteiger partial charge < -0.3 is 19.4 Å². The van der Waals surface area contributed by atoms with Crippen LogP contribution in [0.3, 0.4) is 0 Å². The lowest BCUT2D eigenvalue weighted by molar-refractivity contribution is 0.0745. The van der Waals surface area contributed by atoms with Crippen molar-refractivity contribution in [3.05, 3.63) is 60.3 Å². The first-order chi connectivity index (χ1) is 14.6. The molecule has 158 valence electrons. The third-order valence-electron chi connectivity index (χ3n) is 5.62. The fourth-order valence-corrected chi connectivity index (χ4v) is 4.11. The van der Waals surface area contributed by atoms with Crippen LogP contribution in [0, 0.1) is 0 Å². The minimum absolute atomic E-state index is 0.0358. The number of amides is 1. The Bertz CT molecular complexity index is 896. The van der Waals surface area contributed by atoms with Crippen LogP contribution >= 0.6 is 0 Å². The smallest absolute Gasteiger partial charge is 0.259 e. The van der Waals surface area contributed by atoms with Gasteiger partial charge in [0.2, 0.25) is 5.95 Å². The zero-order valence-electron chi connectivity index (χ0n) is 17.7. The molecule has 0 spiro atoms. The van der Waals surface area contributed by atoms with E-state index >= 15 is 0 Å². The zero-order valence-corrected chi connectivity index (χ0v) is 17.7. The van der Waals surface area contributed by atoms with Crippen LogP contribution in [0.2, 0.25) is 0 Å². The maximum atomic E-state index is 13.5. The van der Waals surface area contributed by atoms with Crippen LogP contribution in [-0.2, 0) is 11.3 Å². The highest BCUT2D eigenvalue weighted by atomic mass is 16.5. The molecule has 30 heavy (non-hydrogen) atoms. The summed E-state index contributed by atoms with van der Waals surface area (Å²) in [5, 5.41) is 0. The molecule has 0 unspecified atom stereocenters. The van der Waals surface area contributed by atoms with Crippen molar-refractivity contribution in [2.24, 2.45) is 0 Å². The van der Waals surface area contributed by atoms with Crippen molar-refractivity contribution in [1.29, 1.82) is 0 Å². The van der Waals surface area contributed by atoms with Gasteiger partial charge in [0.25, 0.3) is 5.91 Å². The van der Waals surface area contributed by atoms with E-state index in [9.17, 15) is 4.79 Å². The van der Waals surface area contributed by atoms with E-state index in [0.717, 1.165) is 18.7 Å². The molecular formula is C23H29N5O2. The van der Waals surface area contributed by atoms with E-state index in [4.69, 9.17) is 9.72 Å². The minimum atomic E-state index is -0.0441. The summed E-state index contributed by atoms with van der Waals surface area (Å²) < 4.78 is 5.45. The molecule has 3 heterocycles. The number of anilines is 2. The molecule has 1 aromatic carbocycles. The summed E-state index contributed by atoms with van der Waals surface area (Å²) in [6.07, 6.45) is 3.60. The highest BCUT2D eigenvalue weighted by Crippen LogP contribution is 2.30. The molecule has 1 atom stereocenters. The molecule has 4 rings (SSSR count). The van der Waals surface area contributed by atoms with Crippen LogP contribution in [0.15, 0.2) is 49.2 Å². The molecule has 7 heteroatoms. The molecule has 7 nitrogen and oxygen atoms in total. The number of hydrogen-bond acceptors (Lipinski definition) is 6. The van der Waals surface area contributed by atoms with Crippen LogP contribution in [-0.4, -0.2) is 65.7 Å². The fourth-order valence-electron chi connectivity index (χ4n) is 4.11. The summed E-state index contributed by atoms with van der Waals surface area (Å²) in [5.74, 6) is 1.29. The van der Waals surface area contributed by atoms with Crippen LogP contribution < -0.4 is 9.80 Å². The summed E-state index contributed by atoms with van der Waals surface area (Å²) in [7, 11) is 0. The number of morpholine rings is 1.